The van der Waals surface area contributed by atoms with Crippen LogP contribution in [0.5, 0.6) is 0 Å². The zero-order valence-corrected chi connectivity index (χ0v) is 17.3. The number of hydrogen-bond donors (Lipinski definition) is 0. The summed E-state index contributed by atoms with van der Waals surface area (Å²) in [7, 11) is 0. The lowest BCUT2D eigenvalue weighted by Gasteiger charge is -2.24. The summed E-state index contributed by atoms with van der Waals surface area (Å²) < 4.78 is 13.9. The highest BCUT2D eigenvalue weighted by atomic mass is 32.2. The van der Waals surface area contributed by atoms with Crippen LogP contribution in [0.15, 0.2) is 53.4 Å². The van der Waals surface area contributed by atoms with Gasteiger partial charge in [0.15, 0.2) is 0 Å². The number of nitrogens with zero attached hydrogens (tertiary/aromatic N) is 3. The lowest BCUT2D eigenvalue weighted by Crippen LogP contribution is -2.40. The van der Waals surface area contributed by atoms with Crippen molar-refractivity contribution in [2.45, 2.75) is 23.5 Å². The summed E-state index contributed by atoms with van der Waals surface area (Å²) in [5, 5.41) is 10.4. The van der Waals surface area contributed by atoms with Gasteiger partial charge in [0, 0.05) is 43.2 Å². The summed E-state index contributed by atoms with van der Waals surface area (Å²) >= 11 is 1.33. The van der Waals surface area contributed by atoms with Crippen molar-refractivity contribution in [1.82, 2.24) is 9.80 Å². The van der Waals surface area contributed by atoms with Crippen LogP contribution in [-0.2, 0) is 4.79 Å². The summed E-state index contributed by atoms with van der Waals surface area (Å²) in [6, 6.07) is 12.0. The first-order valence-electron chi connectivity index (χ1n) is 9.60. The normalized spacial score (nSPS) is 15.4. The Labute approximate surface area is 178 Å². The third kappa shape index (κ3) is 5.15. The van der Waals surface area contributed by atoms with Crippen molar-refractivity contribution in [2.24, 2.45) is 0 Å². The molecule has 0 spiro atoms. The predicted octanol–water partition coefficient (Wildman–Crippen LogP) is 3.59. The van der Waals surface area contributed by atoms with Crippen LogP contribution in [0, 0.1) is 15.9 Å². The van der Waals surface area contributed by atoms with E-state index in [0.29, 0.717) is 32.6 Å². The van der Waals surface area contributed by atoms with E-state index in [0.717, 1.165) is 4.90 Å². The lowest BCUT2D eigenvalue weighted by atomic mass is 10.2. The molecular formula is C21H22FN3O4S. The first-order chi connectivity index (χ1) is 14.4. The highest BCUT2D eigenvalue weighted by Crippen LogP contribution is 2.27. The summed E-state index contributed by atoms with van der Waals surface area (Å²) in [6.07, 6.45) is 0.612. The molecule has 0 aliphatic carbocycles. The van der Waals surface area contributed by atoms with E-state index in [1.54, 1.807) is 41.0 Å². The Bertz CT molecular complexity index is 938. The zero-order chi connectivity index (χ0) is 21.7. The summed E-state index contributed by atoms with van der Waals surface area (Å²) in [5.74, 6) is -0.970. The Morgan fingerprint density at radius 1 is 1.03 bits per heavy atom. The first kappa shape index (κ1) is 21.8. The topological polar surface area (TPSA) is 83.8 Å². The fourth-order valence-electron chi connectivity index (χ4n) is 3.30. The smallest absolute Gasteiger partial charge is 0.269 e. The molecule has 158 valence electrons. The van der Waals surface area contributed by atoms with Gasteiger partial charge in [-0.1, -0.05) is 12.1 Å². The number of nitro benzene ring substituents is 1. The summed E-state index contributed by atoms with van der Waals surface area (Å²) in [5.41, 5.74) is 0.0461. The van der Waals surface area contributed by atoms with Crippen LogP contribution < -0.4 is 0 Å². The maximum absolute atomic E-state index is 13.9. The molecule has 3 rings (SSSR count). The highest BCUT2D eigenvalue weighted by Gasteiger charge is 2.27. The van der Waals surface area contributed by atoms with Crippen LogP contribution in [0.25, 0.3) is 0 Å². The first-order valence-corrected chi connectivity index (χ1v) is 10.5. The molecule has 1 unspecified atom stereocenters. The number of carbonyl (C=O) groups is 2. The van der Waals surface area contributed by atoms with E-state index in [4.69, 9.17) is 0 Å². The van der Waals surface area contributed by atoms with E-state index in [-0.39, 0.29) is 28.3 Å². The monoisotopic (exact) mass is 431 g/mol. The number of non-ortho nitro benzene ring substituents is 1. The third-order valence-corrected chi connectivity index (χ3v) is 6.01. The van der Waals surface area contributed by atoms with Gasteiger partial charge in [-0.15, -0.1) is 11.8 Å². The molecular weight excluding hydrogens is 409 g/mol. The van der Waals surface area contributed by atoms with E-state index in [1.807, 2.05) is 0 Å². The van der Waals surface area contributed by atoms with Gasteiger partial charge in [-0.05, 0) is 37.6 Å². The van der Waals surface area contributed by atoms with Crippen molar-refractivity contribution < 1.29 is 18.9 Å². The van der Waals surface area contributed by atoms with Gasteiger partial charge in [0.1, 0.15) is 5.82 Å². The minimum absolute atomic E-state index is 0.00505. The van der Waals surface area contributed by atoms with Gasteiger partial charge in [0.05, 0.1) is 15.7 Å². The van der Waals surface area contributed by atoms with Crippen molar-refractivity contribution in [3.05, 3.63) is 70.0 Å². The second kappa shape index (κ2) is 9.71. The van der Waals surface area contributed by atoms with Crippen LogP contribution in [0.4, 0.5) is 10.1 Å². The average molecular weight is 431 g/mol. The van der Waals surface area contributed by atoms with Gasteiger partial charge in [-0.3, -0.25) is 19.7 Å². The maximum Gasteiger partial charge on any atom is 0.269 e. The standard InChI is InChI=1S/C21H22FN3O4S/c1-15(30-17-9-7-16(8-10-17)25(28)29)20(26)23-11-4-12-24(14-13-23)21(27)18-5-2-3-6-19(18)22/h2-3,5-10,15H,4,11-14H2,1H3. The Morgan fingerprint density at radius 3 is 2.33 bits per heavy atom. The van der Waals surface area contributed by atoms with E-state index in [9.17, 15) is 24.1 Å². The number of carbonyl (C=O) groups excluding carboxylic acids is 2. The minimum atomic E-state index is -0.548. The predicted molar refractivity (Wildman–Crippen MR) is 112 cm³/mol. The number of halogens is 1. The Balaban J connectivity index is 1.59. The van der Waals surface area contributed by atoms with Crippen LogP contribution in [-0.4, -0.2) is 58.0 Å². The quantitative estimate of drug-likeness (QED) is 0.410. The molecule has 1 fully saturated rings. The van der Waals surface area contributed by atoms with E-state index in [1.165, 1.54) is 36.0 Å². The van der Waals surface area contributed by atoms with E-state index < -0.39 is 10.7 Å². The van der Waals surface area contributed by atoms with Gasteiger partial charge < -0.3 is 9.80 Å². The summed E-state index contributed by atoms with van der Waals surface area (Å²) in [4.78, 5) is 39.9. The molecule has 2 aromatic carbocycles. The molecule has 30 heavy (non-hydrogen) atoms. The molecule has 0 radical (unpaired) electrons. The third-order valence-electron chi connectivity index (χ3n) is 4.91. The second-order valence-corrected chi connectivity index (χ2v) is 8.38. The lowest BCUT2D eigenvalue weighted by molar-refractivity contribution is -0.384. The number of nitro groups is 1. The molecule has 1 saturated heterocycles. The molecule has 0 saturated carbocycles. The van der Waals surface area contributed by atoms with Gasteiger partial charge in [-0.2, -0.15) is 0 Å². The van der Waals surface area contributed by atoms with Gasteiger partial charge >= 0.3 is 0 Å². The van der Waals surface area contributed by atoms with Crippen molar-refractivity contribution in [1.29, 1.82) is 0 Å². The fraction of sp³-hybridized carbons (Fsp3) is 0.333. The minimum Gasteiger partial charge on any atom is -0.340 e. The molecule has 2 amide bonds. The number of thioether (sulfide) groups is 1. The van der Waals surface area contributed by atoms with Gasteiger partial charge in [-0.25, -0.2) is 4.39 Å². The Kier molecular flexibility index (Phi) is 7.04. The molecule has 1 aliphatic rings. The molecule has 1 atom stereocenters. The van der Waals surface area contributed by atoms with Crippen molar-refractivity contribution in [3.63, 3.8) is 0 Å². The highest BCUT2D eigenvalue weighted by molar-refractivity contribution is 8.00. The Hall–Kier alpha value is -2.94. The van der Waals surface area contributed by atoms with Crippen molar-refractivity contribution in [3.8, 4) is 0 Å². The molecule has 0 aromatic heterocycles. The Morgan fingerprint density at radius 2 is 1.67 bits per heavy atom. The summed E-state index contributed by atoms with van der Waals surface area (Å²) in [6.45, 7) is 3.49. The largest absolute Gasteiger partial charge is 0.340 e. The number of rotatable bonds is 5. The van der Waals surface area contributed by atoms with Crippen LogP contribution >= 0.6 is 11.8 Å². The molecule has 7 nitrogen and oxygen atoms in total. The van der Waals surface area contributed by atoms with E-state index >= 15 is 0 Å². The van der Waals surface area contributed by atoms with Gasteiger partial charge in [0.25, 0.3) is 11.6 Å². The van der Waals surface area contributed by atoms with Crippen LogP contribution in [0.1, 0.15) is 23.7 Å². The molecule has 1 heterocycles. The molecule has 1 aliphatic heterocycles. The number of hydrogen-bond acceptors (Lipinski definition) is 5. The second-order valence-electron chi connectivity index (χ2n) is 6.96. The molecule has 0 N–H and O–H groups in total. The van der Waals surface area contributed by atoms with Crippen LogP contribution in [0.2, 0.25) is 0 Å². The molecule has 9 heteroatoms. The van der Waals surface area contributed by atoms with E-state index in [2.05, 4.69) is 0 Å². The fourth-order valence-corrected chi connectivity index (χ4v) is 4.26. The van der Waals surface area contributed by atoms with Gasteiger partial charge in [0.2, 0.25) is 5.91 Å². The van der Waals surface area contributed by atoms with Crippen LogP contribution in [0.3, 0.4) is 0 Å². The maximum atomic E-state index is 13.9. The SMILES string of the molecule is CC(Sc1ccc([N+](=O)[O-])cc1)C(=O)N1CCCN(C(=O)c2ccccc2F)CC1. The molecule has 0 bridgehead atoms. The number of amides is 2. The molecule has 2 aromatic rings. The van der Waals surface area contributed by atoms with Crippen molar-refractivity contribution >= 4 is 29.3 Å². The zero-order valence-electron chi connectivity index (χ0n) is 16.5. The number of benzene rings is 2. The average Bonchev–Trinajstić information content (AvgIpc) is 2.99. The van der Waals surface area contributed by atoms with Crippen molar-refractivity contribution in [2.75, 3.05) is 26.2 Å².